The van der Waals surface area contributed by atoms with E-state index in [1.807, 2.05) is 0 Å². The van der Waals surface area contributed by atoms with Crippen molar-refractivity contribution in [2.75, 3.05) is 14.2 Å². The van der Waals surface area contributed by atoms with Crippen LogP contribution in [-0.4, -0.2) is 40.4 Å². The maximum Gasteiger partial charge on any atom is 0.334 e. The summed E-state index contributed by atoms with van der Waals surface area (Å²) in [6.45, 7) is 2.06. The maximum absolute atomic E-state index is 12.1. The van der Waals surface area contributed by atoms with Gasteiger partial charge < -0.3 is 14.6 Å². The van der Waals surface area contributed by atoms with Crippen molar-refractivity contribution in [1.29, 1.82) is 0 Å². The predicted molar refractivity (Wildman–Crippen MR) is 70.7 cm³/mol. The van der Waals surface area contributed by atoms with Crippen molar-refractivity contribution in [2.45, 2.75) is 13.1 Å². The van der Waals surface area contributed by atoms with Crippen LogP contribution in [0.25, 0.3) is 6.08 Å². The molecule has 114 valence electrons. The minimum Gasteiger partial charge on any atom is -0.494 e. The number of esters is 2. The molecular formula is C12H14N2O7. The minimum absolute atomic E-state index is 0.317. The maximum atomic E-state index is 12.1. The second kappa shape index (κ2) is 6.55. The van der Waals surface area contributed by atoms with Gasteiger partial charge in [0.05, 0.1) is 19.8 Å². The van der Waals surface area contributed by atoms with Gasteiger partial charge in [0, 0.05) is 0 Å². The molecule has 0 fully saturated rings. The molecule has 1 heterocycles. The summed E-state index contributed by atoms with van der Waals surface area (Å²) in [6.07, 6.45) is 1.01. The monoisotopic (exact) mass is 298 g/mol. The minimum atomic E-state index is -1.04. The number of aromatic nitrogens is 2. The molecule has 0 aliphatic heterocycles. The number of hydrogen-bond acceptors (Lipinski definition) is 7. The molecule has 0 atom stereocenters. The molecule has 0 spiro atoms. The predicted octanol–water partition coefficient (Wildman–Crippen LogP) is -1.30. The third-order valence-electron chi connectivity index (χ3n) is 2.67. The van der Waals surface area contributed by atoms with Gasteiger partial charge in [0.1, 0.15) is 13.1 Å². The summed E-state index contributed by atoms with van der Waals surface area (Å²) in [5, 5.41) is 9.87. The molecule has 0 unspecified atom stereocenters. The number of hydrogen-bond donors (Lipinski definition) is 1. The zero-order chi connectivity index (χ0) is 16.2. The molecule has 0 aliphatic rings. The van der Waals surface area contributed by atoms with E-state index < -0.39 is 42.2 Å². The van der Waals surface area contributed by atoms with Crippen LogP contribution in [0.3, 0.4) is 0 Å². The number of ether oxygens (including phenoxy) is 2. The fraction of sp³-hybridized carbons (Fsp3) is 0.333. The van der Waals surface area contributed by atoms with Gasteiger partial charge in [-0.05, 0) is 0 Å². The molecule has 1 aromatic rings. The molecule has 9 nitrogen and oxygen atoms in total. The summed E-state index contributed by atoms with van der Waals surface area (Å²) in [5.41, 5.74) is -2.28. The average molecular weight is 298 g/mol. The number of aromatic hydroxyl groups is 1. The zero-order valence-electron chi connectivity index (χ0n) is 11.5. The van der Waals surface area contributed by atoms with Crippen molar-refractivity contribution in [1.82, 2.24) is 9.13 Å². The van der Waals surface area contributed by atoms with Crippen LogP contribution in [0.2, 0.25) is 0 Å². The van der Waals surface area contributed by atoms with E-state index in [1.165, 1.54) is 0 Å². The molecule has 0 radical (unpaired) electrons. The highest BCUT2D eigenvalue weighted by Gasteiger charge is 2.20. The van der Waals surface area contributed by atoms with Crippen molar-refractivity contribution >= 4 is 18.0 Å². The number of nitrogens with zero attached hydrogens (tertiary/aromatic N) is 2. The first kappa shape index (κ1) is 16.2. The quantitative estimate of drug-likeness (QED) is 0.672. The fourth-order valence-electron chi connectivity index (χ4n) is 1.56. The smallest absolute Gasteiger partial charge is 0.334 e. The van der Waals surface area contributed by atoms with Gasteiger partial charge >= 0.3 is 17.6 Å². The van der Waals surface area contributed by atoms with Crippen molar-refractivity contribution < 1.29 is 24.2 Å². The fourth-order valence-corrected chi connectivity index (χ4v) is 1.56. The molecule has 0 saturated heterocycles. The van der Waals surface area contributed by atoms with E-state index in [-0.39, 0.29) is 5.56 Å². The van der Waals surface area contributed by atoms with Gasteiger partial charge in [-0.15, -0.1) is 0 Å². The van der Waals surface area contributed by atoms with E-state index in [0.717, 1.165) is 20.3 Å². The molecule has 0 amide bonds. The summed E-state index contributed by atoms with van der Waals surface area (Å²) < 4.78 is 9.92. The second-order valence-corrected chi connectivity index (χ2v) is 3.85. The Bertz CT molecular complexity index is 699. The van der Waals surface area contributed by atoms with Crippen molar-refractivity contribution in [3.8, 4) is 5.88 Å². The number of rotatable bonds is 5. The summed E-state index contributed by atoms with van der Waals surface area (Å²) in [5.74, 6) is -2.38. The first-order valence-corrected chi connectivity index (χ1v) is 5.70. The third kappa shape index (κ3) is 3.19. The van der Waals surface area contributed by atoms with E-state index in [2.05, 4.69) is 16.1 Å². The highest BCUT2D eigenvalue weighted by atomic mass is 16.5. The molecule has 1 aromatic heterocycles. The summed E-state index contributed by atoms with van der Waals surface area (Å²) >= 11 is 0. The number of methoxy groups -OCH3 is 2. The molecule has 1 rings (SSSR count). The van der Waals surface area contributed by atoms with Crippen molar-refractivity contribution in [2.24, 2.45) is 0 Å². The van der Waals surface area contributed by atoms with Gasteiger partial charge in [0.2, 0.25) is 5.88 Å². The topological polar surface area (TPSA) is 117 Å². The van der Waals surface area contributed by atoms with Gasteiger partial charge in [0.25, 0.3) is 5.56 Å². The summed E-state index contributed by atoms with van der Waals surface area (Å²) in [7, 11) is 2.19. The van der Waals surface area contributed by atoms with Crippen LogP contribution in [0.15, 0.2) is 16.2 Å². The zero-order valence-corrected chi connectivity index (χ0v) is 11.5. The SMILES string of the molecule is C=Cc1c(O)n(CC(=O)OC)c(=O)n(CC(=O)OC)c1=O. The lowest BCUT2D eigenvalue weighted by molar-refractivity contribution is -0.141. The Hall–Kier alpha value is -2.84. The van der Waals surface area contributed by atoms with Crippen LogP contribution in [0.4, 0.5) is 0 Å². The van der Waals surface area contributed by atoms with Crippen LogP contribution in [0, 0.1) is 0 Å². The normalized spacial score (nSPS) is 10.0. The van der Waals surface area contributed by atoms with E-state index in [9.17, 15) is 24.3 Å². The first-order valence-electron chi connectivity index (χ1n) is 5.70. The van der Waals surface area contributed by atoms with Crippen molar-refractivity contribution in [3.05, 3.63) is 33.0 Å². The second-order valence-electron chi connectivity index (χ2n) is 3.85. The Morgan fingerprint density at radius 1 is 1.14 bits per heavy atom. The van der Waals surface area contributed by atoms with Crippen LogP contribution in [0.5, 0.6) is 5.88 Å². The lowest BCUT2D eigenvalue weighted by Crippen LogP contribution is -2.43. The van der Waals surface area contributed by atoms with Gasteiger partial charge in [-0.3, -0.25) is 19.0 Å². The number of carbonyl (C=O) groups is 2. The largest absolute Gasteiger partial charge is 0.494 e. The Morgan fingerprint density at radius 2 is 1.62 bits per heavy atom. The molecule has 0 aromatic carbocycles. The van der Waals surface area contributed by atoms with Gasteiger partial charge in [-0.25, -0.2) is 9.36 Å². The Balaban J connectivity index is 3.58. The van der Waals surface area contributed by atoms with Crippen LogP contribution < -0.4 is 11.2 Å². The highest BCUT2D eigenvalue weighted by Crippen LogP contribution is 2.11. The molecule has 0 aliphatic carbocycles. The van der Waals surface area contributed by atoms with Crippen LogP contribution in [0.1, 0.15) is 5.56 Å². The Morgan fingerprint density at radius 3 is 2.05 bits per heavy atom. The lowest BCUT2D eigenvalue weighted by atomic mass is 10.3. The Kier molecular flexibility index (Phi) is 5.06. The van der Waals surface area contributed by atoms with Crippen molar-refractivity contribution in [3.63, 3.8) is 0 Å². The molecule has 9 heteroatoms. The van der Waals surface area contributed by atoms with E-state index in [4.69, 9.17) is 0 Å². The number of carbonyl (C=O) groups excluding carboxylic acids is 2. The summed E-state index contributed by atoms with van der Waals surface area (Å²) in [6, 6.07) is 0. The Labute approximate surface area is 118 Å². The highest BCUT2D eigenvalue weighted by molar-refractivity contribution is 5.70. The third-order valence-corrected chi connectivity index (χ3v) is 2.67. The van der Waals surface area contributed by atoms with Gasteiger partial charge in [-0.2, -0.15) is 0 Å². The molecular weight excluding hydrogens is 284 g/mol. The molecule has 21 heavy (non-hydrogen) atoms. The lowest BCUT2D eigenvalue weighted by Gasteiger charge is -2.12. The van der Waals surface area contributed by atoms with Gasteiger partial charge in [0.15, 0.2) is 0 Å². The van der Waals surface area contributed by atoms with E-state index >= 15 is 0 Å². The summed E-state index contributed by atoms with van der Waals surface area (Å²) in [4.78, 5) is 46.6. The van der Waals surface area contributed by atoms with Crippen LogP contribution in [-0.2, 0) is 32.2 Å². The van der Waals surface area contributed by atoms with E-state index in [1.54, 1.807) is 0 Å². The average Bonchev–Trinajstić information content (AvgIpc) is 2.47. The van der Waals surface area contributed by atoms with Crippen LogP contribution >= 0.6 is 0 Å². The van der Waals surface area contributed by atoms with E-state index in [0.29, 0.717) is 9.13 Å². The first-order chi connectivity index (χ1) is 9.87. The molecule has 0 saturated carbocycles. The van der Waals surface area contributed by atoms with Gasteiger partial charge in [-0.1, -0.05) is 12.7 Å². The molecule has 0 bridgehead atoms. The molecule has 1 N–H and O–H groups in total. The standard InChI is InChI=1S/C12H14N2O7/c1-4-7-10(17)13(5-8(15)20-2)12(19)14(11(7)18)6-9(16)21-3/h4,17H,1,5-6H2,2-3H3.